The second kappa shape index (κ2) is 12.1. The molecule has 0 saturated heterocycles. The van der Waals surface area contributed by atoms with Crippen LogP contribution < -0.4 is 11.5 Å². The number of carbonyl (C=O) groups excluding carboxylic acids is 1. The van der Waals surface area contributed by atoms with Crippen molar-refractivity contribution in [3.05, 3.63) is 0 Å². The summed E-state index contributed by atoms with van der Waals surface area (Å²) in [6.07, 6.45) is 10.6. The Hall–Kier alpha value is -0.410. The minimum absolute atomic E-state index is 0.237. The second-order valence-corrected chi connectivity index (χ2v) is 4.88. The molecular formula is C14H30N2O. The van der Waals surface area contributed by atoms with Crippen molar-refractivity contribution in [3.8, 4) is 0 Å². The van der Waals surface area contributed by atoms with Gasteiger partial charge in [0.1, 0.15) is 5.78 Å². The first-order chi connectivity index (χ1) is 8.22. The van der Waals surface area contributed by atoms with Crippen LogP contribution in [0.2, 0.25) is 0 Å². The molecule has 0 spiro atoms. The summed E-state index contributed by atoms with van der Waals surface area (Å²) in [7, 11) is 0. The number of ketones is 1. The van der Waals surface area contributed by atoms with Crippen LogP contribution in [0, 0.1) is 0 Å². The predicted octanol–water partition coefficient (Wildman–Crippen LogP) is 2.76. The quantitative estimate of drug-likeness (QED) is 0.517. The number of carbonyl (C=O) groups is 1. The van der Waals surface area contributed by atoms with E-state index in [0.717, 1.165) is 38.6 Å². The van der Waals surface area contributed by atoms with E-state index in [-0.39, 0.29) is 11.8 Å². The summed E-state index contributed by atoms with van der Waals surface area (Å²) in [5.74, 6) is 0.245. The van der Waals surface area contributed by atoms with Crippen LogP contribution in [0.25, 0.3) is 0 Å². The molecule has 0 aliphatic carbocycles. The van der Waals surface area contributed by atoms with Crippen molar-refractivity contribution < 1.29 is 4.79 Å². The highest BCUT2D eigenvalue weighted by molar-refractivity contribution is 5.83. The number of rotatable bonds is 12. The average Bonchev–Trinajstić information content (AvgIpc) is 2.34. The number of Topliss-reactive ketones (excluding diaryl/α,β-unsaturated/α-hetero) is 1. The van der Waals surface area contributed by atoms with Crippen molar-refractivity contribution in [2.24, 2.45) is 11.5 Å². The minimum atomic E-state index is -0.237. The van der Waals surface area contributed by atoms with E-state index in [0.29, 0.717) is 6.42 Å². The van der Waals surface area contributed by atoms with E-state index in [1.54, 1.807) is 0 Å². The third-order valence-corrected chi connectivity index (χ3v) is 3.16. The maximum atomic E-state index is 11.7. The van der Waals surface area contributed by atoms with Crippen LogP contribution in [-0.4, -0.2) is 18.4 Å². The summed E-state index contributed by atoms with van der Waals surface area (Å²) in [5, 5.41) is 0. The molecule has 1 atom stereocenters. The lowest BCUT2D eigenvalue weighted by atomic mass is 10.0. The fourth-order valence-electron chi connectivity index (χ4n) is 1.93. The Labute approximate surface area is 106 Å². The summed E-state index contributed by atoms with van der Waals surface area (Å²) in [6.45, 7) is 2.93. The van der Waals surface area contributed by atoms with Gasteiger partial charge in [0, 0.05) is 6.42 Å². The molecule has 0 bridgehead atoms. The third-order valence-electron chi connectivity index (χ3n) is 3.16. The first-order valence-electron chi connectivity index (χ1n) is 7.20. The lowest BCUT2D eigenvalue weighted by Gasteiger charge is -2.10. The number of hydrogen-bond donors (Lipinski definition) is 2. The van der Waals surface area contributed by atoms with E-state index in [4.69, 9.17) is 11.5 Å². The number of nitrogens with two attached hydrogens (primary N) is 2. The van der Waals surface area contributed by atoms with E-state index >= 15 is 0 Å². The largest absolute Gasteiger partial charge is 0.330 e. The van der Waals surface area contributed by atoms with Crippen molar-refractivity contribution in [3.63, 3.8) is 0 Å². The van der Waals surface area contributed by atoms with E-state index in [9.17, 15) is 4.79 Å². The molecule has 0 fully saturated rings. The van der Waals surface area contributed by atoms with Gasteiger partial charge in [0.15, 0.2) is 0 Å². The molecule has 3 nitrogen and oxygen atoms in total. The zero-order chi connectivity index (χ0) is 12.9. The molecule has 0 rings (SSSR count). The van der Waals surface area contributed by atoms with Crippen molar-refractivity contribution in [1.82, 2.24) is 0 Å². The lowest BCUT2D eigenvalue weighted by Crippen LogP contribution is -2.30. The third kappa shape index (κ3) is 10.5. The van der Waals surface area contributed by atoms with Gasteiger partial charge in [-0.25, -0.2) is 0 Å². The molecule has 4 N–H and O–H groups in total. The number of hydrogen-bond acceptors (Lipinski definition) is 3. The molecule has 17 heavy (non-hydrogen) atoms. The molecule has 0 aromatic rings. The highest BCUT2D eigenvalue weighted by Gasteiger charge is 2.11. The highest BCUT2D eigenvalue weighted by Crippen LogP contribution is 2.09. The maximum absolute atomic E-state index is 11.7. The van der Waals surface area contributed by atoms with Gasteiger partial charge in [-0.05, 0) is 25.8 Å². The predicted molar refractivity (Wildman–Crippen MR) is 73.9 cm³/mol. The molecule has 0 aromatic heterocycles. The minimum Gasteiger partial charge on any atom is -0.330 e. The Bertz CT molecular complexity index is 183. The smallest absolute Gasteiger partial charge is 0.149 e. The lowest BCUT2D eigenvalue weighted by molar-refractivity contribution is -0.120. The molecule has 0 aromatic carbocycles. The normalized spacial score (nSPS) is 12.6. The molecule has 3 heteroatoms. The monoisotopic (exact) mass is 242 g/mol. The molecule has 0 aliphatic rings. The molecule has 0 aliphatic heterocycles. The van der Waals surface area contributed by atoms with Crippen LogP contribution in [0.1, 0.15) is 71.1 Å². The van der Waals surface area contributed by atoms with Crippen LogP contribution in [0.15, 0.2) is 0 Å². The van der Waals surface area contributed by atoms with Crippen molar-refractivity contribution in [1.29, 1.82) is 0 Å². The first kappa shape index (κ1) is 16.6. The van der Waals surface area contributed by atoms with Crippen molar-refractivity contribution in [2.45, 2.75) is 77.2 Å². The van der Waals surface area contributed by atoms with Gasteiger partial charge < -0.3 is 11.5 Å². The van der Waals surface area contributed by atoms with Crippen molar-refractivity contribution >= 4 is 5.78 Å². The molecule has 0 heterocycles. The summed E-state index contributed by atoms with van der Waals surface area (Å²) in [4.78, 5) is 11.7. The maximum Gasteiger partial charge on any atom is 0.149 e. The van der Waals surface area contributed by atoms with E-state index in [1.807, 2.05) is 0 Å². The average molecular weight is 242 g/mol. The summed E-state index contributed by atoms with van der Waals surface area (Å²) in [6, 6.07) is -0.237. The van der Waals surface area contributed by atoms with E-state index in [1.165, 1.54) is 25.7 Å². The first-order valence-corrected chi connectivity index (χ1v) is 7.20. The summed E-state index contributed by atoms with van der Waals surface area (Å²) < 4.78 is 0. The van der Waals surface area contributed by atoms with Gasteiger partial charge in [0.2, 0.25) is 0 Å². The van der Waals surface area contributed by atoms with Gasteiger partial charge in [-0.2, -0.15) is 0 Å². The van der Waals surface area contributed by atoms with Crippen LogP contribution in [0.4, 0.5) is 0 Å². The van der Waals surface area contributed by atoms with E-state index < -0.39 is 0 Å². The Kier molecular flexibility index (Phi) is 11.8. The van der Waals surface area contributed by atoms with Gasteiger partial charge >= 0.3 is 0 Å². The topological polar surface area (TPSA) is 69.1 Å². The zero-order valence-electron chi connectivity index (χ0n) is 11.4. The Morgan fingerprint density at radius 3 is 2.29 bits per heavy atom. The molecule has 1 unspecified atom stereocenters. The highest BCUT2D eigenvalue weighted by atomic mass is 16.1. The molecule has 0 saturated carbocycles. The van der Waals surface area contributed by atoms with Gasteiger partial charge in [-0.3, -0.25) is 4.79 Å². The fraction of sp³-hybridized carbons (Fsp3) is 0.929. The molecule has 0 radical (unpaired) electrons. The SMILES string of the molecule is CCCCCCCC(=O)C(N)CCCCCN. The van der Waals surface area contributed by atoms with Gasteiger partial charge in [0.05, 0.1) is 6.04 Å². The fourth-order valence-corrected chi connectivity index (χ4v) is 1.93. The van der Waals surface area contributed by atoms with Crippen LogP contribution in [-0.2, 0) is 4.79 Å². The van der Waals surface area contributed by atoms with Crippen LogP contribution in [0.3, 0.4) is 0 Å². The van der Waals surface area contributed by atoms with Crippen LogP contribution >= 0.6 is 0 Å². The van der Waals surface area contributed by atoms with Crippen LogP contribution in [0.5, 0.6) is 0 Å². The number of unbranched alkanes of at least 4 members (excludes halogenated alkanes) is 6. The Balaban J connectivity index is 3.40. The van der Waals surface area contributed by atoms with E-state index in [2.05, 4.69) is 6.92 Å². The van der Waals surface area contributed by atoms with Gasteiger partial charge in [-0.15, -0.1) is 0 Å². The van der Waals surface area contributed by atoms with Crippen molar-refractivity contribution in [2.75, 3.05) is 6.54 Å². The van der Waals surface area contributed by atoms with Gasteiger partial charge in [0.25, 0.3) is 0 Å². The zero-order valence-corrected chi connectivity index (χ0v) is 11.4. The molecular weight excluding hydrogens is 212 g/mol. The Morgan fingerprint density at radius 1 is 1.00 bits per heavy atom. The van der Waals surface area contributed by atoms with Gasteiger partial charge in [-0.1, -0.05) is 45.4 Å². The molecule has 102 valence electrons. The Morgan fingerprint density at radius 2 is 1.65 bits per heavy atom. The second-order valence-electron chi connectivity index (χ2n) is 4.88. The standard InChI is InChI=1S/C14H30N2O/c1-2-3-4-5-8-11-14(17)13(16)10-7-6-9-12-15/h13H,2-12,15-16H2,1H3. The summed E-state index contributed by atoms with van der Waals surface area (Å²) >= 11 is 0. The summed E-state index contributed by atoms with van der Waals surface area (Å²) in [5.41, 5.74) is 11.3. The molecule has 0 amide bonds.